The maximum absolute atomic E-state index is 13.9. The van der Waals surface area contributed by atoms with E-state index >= 15 is 0 Å². The fourth-order valence-corrected chi connectivity index (χ4v) is 5.17. The van der Waals surface area contributed by atoms with Gasteiger partial charge in [0, 0.05) is 22.9 Å². The average molecular weight is 496 g/mol. The Morgan fingerprint density at radius 2 is 2.00 bits per heavy atom. The Bertz CT molecular complexity index is 1270. The molecule has 1 aromatic heterocycles. The van der Waals surface area contributed by atoms with Crippen LogP contribution in [0.25, 0.3) is 10.9 Å². The Kier molecular flexibility index (Phi) is 5.89. The van der Waals surface area contributed by atoms with Crippen molar-refractivity contribution in [1.29, 1.82) is 5.26 Å². The van der Waals surface area contributed by atoms with Crippen LogP contribution in [0.1, 0.15) is 62.4 Å². The Morgan fingerprint density at radius 3 is 2.61 bits per heavy atom. The second kappa shape index (κ2) is 8.80. The minimum atomic E-state index is -0.863. The van der Waals surface area contributed by atoms with Gasteiger partial charge in [0.15, 0.2) is 0 Å². The summed E-state index contributed by atoms with van der Waals surface area (Å²) >= 11 is 0. The number of carbonyl (C=O) groups excluding carboxylic acids is 3. The van der Waals surface area contributed by atoms with E-state index in [2.05, 4.69) is 33.9 Å². The van der Waals surface area contributed by atoms with Gasteiger partial charge in [-0.1, -0.05) is 6.92 Å². The predicted octanol–water partition coefficient (Wildman–Crippen LogP) is 2.67. The lowest BCUT2D eigenvalue weighted by Gasteiger charge is -2.23. The molecule has 9 nitrogen and oxygen atoms in total. The SMILES string of the molecule is COc1cc(F)cc2[nH]c(C(=O)N[C@@H](CC3(C)CC3)C(=O)N[C@H](C#N)C[C@@H]3CC4(CC4)NC3=O)cc12. The quantitative estimate of drug-likeness (QED) is 0.424. The van der Waals surface area contributed by atoms with Gasteiger partial charge < -0.3 is 25.7 Å². The number of rotatable bonds is 9. The molecule has 1 aromatic carbocycles. The molecule has 10 heteroatoms. The molecule has 4 N–H and O–H groups in total. The fraction of sp³-hybridized carbons (Fsp3) is 0.538. The van der Waals surface area contributed by atoms with Crippen LogP contribution < -0.4 is 20.7 Å². The van der Waals surface area contributed by atoms with Gasteiger partial charge in [-0.25, -0.2) is 4.39 Å². The van der Waals surface area contributed by atoms with Gasteiger partial charge in [-0.05, 0) is 62.5 Å². The molecule has 0 unspecified atom stereocenters. The molecule has 1 saturated heterocycles. The van der Waals surface area contributed by atoms with Crippen molar-refractivity contribution in [1.82, 2.24) is 20.9 Å². The van der Waals surface area contributed by atoms with Crippen molar-refractivity contribution in [2.75, 3.05) is 7.11 Å². The molecule has 2 aromatic rings. The summed E-state index contributed by atoms with van der Waals surface area (Å²) in [6.45, 7) is 2.05. The van der Waals surface area contributed by atoms with Crippen molar-refractivity contribution in [2.45, 2.75) is 69.5 Å². The molecule has 2 saturated carbocycles. The molecule has 3 fully saturated rings. The standard InChI is InChI=1S/C26H30FN5O4/c1-25(3-4-25)12-20(24(35)29-16(13-28)7-14-11-26(5-6-26)32-22(14)33)31-23(34)19-10-17-18(30-19)8-15(27)9-21(17)36-2/h8-10,14,16,20,30H,3-7,11-12H2,1-2H3,(H,29,35)(H,31,34)(H,32,33)/t14-,16+,20+/m1/s1. The number of H-pyrrole nitrogens is 1. The third kappa shape index (κ3) is 4.87. The van der Waals surface area contributed by atoms with Crippen molar-refractivity contribution in [3.63, 3.8) is 0 Å². The predicted molar refractivity (Wildman–Crippen MR) is 128 cm³/mol. The van der Waals surface area contributed by atoms with Crippen LogP contribution in [0.5, 0.6) is 5.75 Å². The normalized spacial score (nSPS) is 22.4. The van der Waals surface area contributed by atoms with Crippen LogP contribution in [0.15, 0.2) is 18.2 Å². The number of methoxy groups -OCH3 is 1. The lowest BCUT2D eigenvalue weighted by Crippen LogP contribution is -2.50. The summed E-state index contributed by atoms with van der Waals surface area (Å²) < 4.78 is 19.1. The van der Waals surface area contributed by atoms with Gasteiger partial charge >= 0.3 is 0 Å². The van der Waals surface area contributed by atoms with E-state index in [1.54, 1.807) is 6.07 Å². The van der Waals surface area contributed by atoms with Crippen LogP contribution in [0.4, 0.5) is 4.39 Å². The van der Waals surface area contributed by atoms with E-state index in [1.807, 2.05) is 0 Å². The number of ether oxygens (including phenoxy) is 1. The van der Waals surface area contributed by atoms with Crippen LogP contribution in [-0.2, 0) is 9.59 Å². The maximum atomic E-state index is 13.9. The number of nitrogens with one attached hydrogen (secondary N) is 4. The number of aromatic nitrogens is 1. The summed E-state index contributed by atoms with van der Waals surface area (Å²) in [5, 5.41) is 18.8. The molecule has 1 spiro atoms. The van der Waals surface area contributed by atoms with Crippen molar-refractivity contribution < 1.29 is 23.5 Å². The largest absolute Gasteiger partial charge is 0.496 e. The summed E-state index contributed by atoms with van der Waals surface area (Å²) in [6, 6.07) is 4.46. The molecule has 3 atom stereocenters. The van der Waals surface area contributed by atoms with Crippen LogP contribution in [0.2, 0.25) is 0 Å². The number of aromatic amines is 1. The summed E-state index contributed by atoms with van der Waals surface area (Å²) in [5.41, 5.74) is 0.406. The van der Waals surface area contributed by atoms with Crippen molar-refractivity contribution in [3.05, 3.63) is 29.7 Å². The second-order valence-electron chi connectivity index (χ2n) is 10.9. The second-order valence-corrected chi connectivity index (χ2v) is 10.9. The highest BCUT2D eigenvalue weighted by molar-refractivity contribution is 6.01. The van der Waals surface area contributed by atoms with Crippen LogP contribution in [0, 0.1) is 28.5 Å². The van der Waals surface area contributed by atoms with E-state index in [0.29, 0.717) is 29.5 Å². The van der Waals surface area contributed by atoms with Crippen molar-refractivity contribution in [3.8, 4) is 11.8 Å². The van der Waals surface area contributed by atoms with E-state index in [0.717, 1.165) is 25.7 Å². The molecule has 36 heavy (non-hydrogen) atoms. The Labute approximate surface area is 208 Å². The summed E-state index contributed by atoms with van der Waals surface area (Å²) in [4.78, 5) is 41.5. The van der Waals surface area contributed by atoms with Gasteiger partial charge in [0.25, 0.3) is 5.91 Å². The Morgan fingerprint density at radius 1 is 1.25 bits per heavy atom. The van der Waals surface area contributed by atoms with Crippen LogP contribution in [0.3, 0.4) is 0 Å². The highest BCUT2D eigenvalue weighted by atomic mass is 19.1. The number of hydrogen-bond donors (Lipinski definition) is 4. The van der Waals surface area contributed by atoms with E-state index < -0.39 is 29.7 Å². The number of carbonyl (C=O) groups is 3. The van der Waals surface area contributed by atoms with E-state index in [-0.39, 0.29) is 34.9 Å². The molecule has 3 amide bonds. The number of amides is 3. The molecular formula is C26H30FN5O4. The van der Waals surface area contributed by atoms with Crippen LogP contribution in [-0.4, -0.2) is 47.4 Å². The van der Waals surface area contributed by atoms with Gasteiger partial charge in [0.2, 0.25) is 11.8 Å². The molecule has 1 aliphatic heterocycles. The first-order valence-electron chi connectivity index (χ1n) is 12.3. The molecule has 2 aliphatic carbocycles. The zero-order valence-corrected chi connectivity index (χ0v) is 20.4. The lowest BCUT2D eigenvalue weighted by molar-refractivity contribution is -0.125. The first-order chi connectivity index (χ1) is 17.1. The monoisotopic (exact) mass is 495 g/mol. The van der Waals surface area contributed by atoms with Crippen LogP contribution >= 0.6 is 0 Å². The minimum Gasteiger partial charge on any atom is -0.496 e. The Hall–Kier alpha value is -3.61. The molecule has 190 valence electrons. The molecule has 2 heterocycles. The van der Waals surface area contributed by atoms with Gasteiger partial charge in [-0.2, -0.15) is 5.26 Å². The van der Waals surface area contributed by atoms with Crippen molar-refractivity contribution in [2.24, 2.45) is 11.3 Å². The molecule has 0 radical (unpaired) electrons. The molecule has 3 aliphatic rings. The topological polar surface area (TPSA) is 136 Å². The van der Waals surface area contributed by atoms with E-state index in [9.17, 15) is 24.0 Å². The molecule has 0 bridgehead atoms. The van der Waals surface area contributed by atoms with Gasteiger partial charge in [0.05, 0.1) is 18.7 Å². The summed E-state index contributed by atoms with van der Waals surface area (Å²) in [5.74, 6) is -1.56. The highest BCUT2D eigenvalue weighted by Gasteiger charge is 2.52. The average Bonchev–Trinajstić information content (AvgIpc) is 3.68. The zero-order chi connectivity index (χ0) is 25.7. The number of halogens is 1. The first-order valence-corrected chi connectivity index (χ1v) is 12.3. The van der Waals surface area contributed by atoms with E-state index in [4.69, 9.17) is 4.74 Å². The molecule has 5 rings (SSSR count). The lowest BCUT2D eigenvalue weighted by atomic mass is 9.95. The number of benzene rings is 1. The maximum Gasteiger partial charge on any atom is 0.268 e. The number of nitriles is 1. The van der Waals surface area contributed by atoms with Gasteiger partial charge in [0.1, 0.15) is 29.3 Å². The third-order valence-electron chi connectivity index (χ3n) is 7.79. The zero-order valence-electron chi connectivity index (χ0n) is 20.4. The number of fused-ring (bicyclic) bond motifs is 1. The van der Waals surface area contributed by atoms with Gasteiger partial charge in [-0.3, -0.25) is 14.4 Å². The Balaban J connectivity index is 1.29. The van der Waals surface area contributed by atoms with Gasteiger partial charge in [-0.15, -0.1) is 0 Å². The first kappa shape index (κ1) is 24.1. The highest BCUT2D eigenvalue weighted by Crippen LogP contribution is 2.49. The summed E-state index contributed by atoms with van der Waals surface area (Å²) in [6.07, 6.45) is 5.15. The van der Waals surface area contributed by atoms with E-state index in [1.165, 1.54) is 19.2 Å². The smallest absolute Gasteiger partial charge is 0.268 e. The number of hydrogen-bond acceptors (Lipinski definition) is 5. The molecular weight excluding hydrogens is 465 g/mol. The van der Waals surface area contributed by atoms with Crippen molar-refractivity contribution >= 4 is 28.6 Å². The minimum absolute atomic E-state index is 0.0616. The third-order valence-corrected chi connectivity index (χ3v) is 7.79. The summed E-state index contributed by atoms with van der Waals surface area (Å²) in [7, 11) is 1.42. The fourth-order valence-electron chi connectivity index (χ4n) is 5.17. The number of nitrogens with zero attached hydrogens (tertiary/aromatic N) is 1.